The van der Waals surface area contributed by atoms with Gasteiger partial charge in [-0.25, -0.2) is 9.78 Å². The van der Waals surface area contributed by atoms with E-state index in [1.54, 1.807) is 23.7 Å². The highest BCUT2D eigenvalue weighted by molar-refractivity contribution is 6.02. The second kappa shape index (κ2) is 6.16. The third-order valence-electron chi connectivity index (χ3n) is 3.91. The number of hydrogen-bond donors (Lipinski definition) is 2. The van der Waals surface area contributed by atoms with Gasteiger partial charge in [-0.15, -0.1) is 0 Å². The molecule has 0 aliphatic rings. The van der Waals surface area contributed by atoms with Crippen LogP contribution in [0.1, 0.15) is 21.7 Å². The zero-order valence-corrected chi connectivity index (χ0v) is 13.4. The van der Waals surface area contributed by atoms with E-state index in [1.165, 1.54) is 0 Å². The highest BCUT2D eigenvalue weighted by Crippen LogP contribution is 2.26. The number of hydrogen-bond acceptors (Lipinski definition) is 3. The minimum absolute atomic E-state index is 0.0292. The number of aryl methyl sites for hydroxylation is 2. The highest BCUT2D eigenvalue weighted by atomic mass is 16.4. The number of fused-ring (bicyclic) bond motifs is 1. The number of carbonyl (C=O) groups is 2. The monoisotopic (exact) mass is 323 g/mol. The van der Waals surface area contributed by atoms with Crippen LogP contribution in [0.4, 0.5) is 5.82 Å². The molecule has 24 heavy (non-hydrogen) atoms. The number of carbonyl (C=O) groups excluding carboxylic acids is 1. The number of nitrogens with one attached hydrogen (secondary N) is 1. The van der Waals surface area contributed by atoms with E-state index in [1.807, 2.05) is 37.3 Å². The first kappa shape index (κ1) is 15.7. The van der Waals surface area contributed by atoms with E-state index in [2.05, 4.69) is 10.3 Å². The van der Waals surface area contributed by atoms with E-state index < -0.39 is 5.97 Å². The molecule has 0 fully saturated rings. The Balaban J connectivity index is 1.96. The lowest BCUT2D eigenvalue weighted by molar-refractivity contribution is -0.115. The molecule has 0 saturated carbocycles. The Labute approximate surface area is 138 Å². The summed E-state index contributed by atoms with van der Waals surface area (Å²) in [6.45, 7) is 1.84. The molecule has 3 rings (SSSR count). The van der Waals surface area contributed by atoms with Crippen molar-refractivity contribution in [1.82, 2.24) is 9.55 Å². The van der Waals surface area contributed by atoms with Gasteiger partial charge in [0.15, 0.2) is 0 Å². The van der Waals surface area contributed by atoms with Gasteiger partial charge in [-0.3, -0.25) is 4.79 Å². The number of pyridine rings is 1. The van der Waals surface area contributed by atoms with Crippen LogP contribution in [-0.4, -0.2) is 26.5 Å². The maximum atomic E-state index is 12.4. The molecule has 0 aliphatic carbocycles. The average molecular weight is 323 g/mol. The number of rotatable bonds is 4. The Morgan fingerprint density at radius 2 is 1.92 bits per heavy atom. The first-order valence-electron chi connectivity index (χ1n) is 7.50. The van der Waals surface area contributed by atoms with Crippen molar-refractivity contribution in [3.05, 3.63) is 59.4 Å². The Morgan fingerprint density at radius 1 is 1.17 bits per heavy atom. The van der Waals surface area contributed by atoms with Crippen LogP contribution in [0.3, 0.4) is 0 Å². The van der Waals surface area contributed by atoms with Gasteiger partial charge in [-0.2, -0.15) is 0 Å². The SMILES string of the molecule is Cc1cccc(NC(=O)Cc2c(C(=O)O)n(C)c3ccccc23)n1. The van der Waals surface area contributed by atoms with Crippen molar-refractivity contribution in [3.8, 4) is 0 Å². The van der Waals surface area contributed by atoms with Crippen molar-refractivity contribution in [2.45, 2.75) is 13.3 Å². The summed E-state index contributed by atoms with van der Waals surface area (Å²) in [6, 6.07) is 12.7. The van der Waals surface area contributed by atoms with Crippen LogP contribution in [0, 0.1) is 6.92 Å². The Morgan fingerprint density at radius 3 is 2.62 bits per heavy atom. The fourth-order valence-corrected chi connectivity index (χ4v) is 2.88. The fourth-order valence-electron chi connectivity index (χ4n) is 2.88. The standard InChI is InChI=1S/C18H17N3O3/c1-11-6-5-9-15(19-11)20-16(22)10-13-12-7-3-4-8-14(12)21(2)17(13)18(23)24/h3-9H,10H2,1-2H3,(H,23,24)(H,19,20,22). The van der Waals surface area contributed by atoms with Gasteiger partial charge in [-0.05, 0) is 25.1 Å². The summed E-state index contributed by atoms with van der Waals surface area (Å²) >= 11 is 0. The number of anilines is 1. The lowest BCUT2D eigenvalue weighted by Crippen LogP contribution is -2.17. The summed E-state index contributed by atoms with van der Waals surface area (Å²) in [7, 11) is 1.69. The number of amides is 1. The lowest BCUT2D eigenvalue weighted by atomic mass is 10.1. The van der Waals surface area contributed by atoms with E-state index in [0.717, 1.165) is 16.6 Å². The maximum Gasteiger partial charge on any atom is 0.352 e. The van der Waals surface area contributed by atoms with Gasteiger partial charge >= 0.3 is 5.97 Å². The zero-order valence-electron chi connectivity index (χ0n) is 13.4. The number of para-hydroxylation sites is 1. The molecule has 0 bridgehead atoms. The number of benzene rings is 1. The Kier molecular flexibility index (Phi) is 4.04. The third-order valence-corrected chi connectivity index (χ3v) is 3.91. The molecule has 2 heterocycles. The van der Waals surface area contributed by atoms with E-state index in [-0.39, 0.29) is 18.0 Å². The van der Waals surface area contributed by atoms with Crippen molar-refractivity contribution < 1.29 is 14.7 Å². The highest BCUT2D eigenvalue weighted by Gasteiger charge is 2.22. The van der Waals surface area contributed by atoms with E-state index in [9.17, 15) is 14.7 Å². The molecule has 1 amide bonds. The van der Waals surface area contributed by atoms with Crippen LogP contribution in [0.15, 0.2) is 42.5 Å². The van der Waals surface area contributed by atoms with E-state index in [4.69, 9.17) is 0 Å². The number of carboxylic acid groups (broad SMARTS) is 1. The van der Waals surface area contributed by atoms with E-state index in [0.29, 0.717) is 11.4 Å². The van der Waals surface area contributed by atoms with Crippen molar-refractivity contribution >= 4 is 28.6 Å². The number of carboxylic acids is 1. The van der Waals surface area contributed by atoms with Gasteiger partial charge in [0, 0.05) is 29.2 Å². The molecular formula is C18H17N3O3. The topological polar surface area (TPSA) is 84.2 Å². The summed E-state index contributed by atoms with van der Waals surface area (Å²) < 4.78 is 1.60. The maximum absolute atomic E-state index is 12.4. The van der Waals surface area contributed by atoms with Gasteiger partial charge in [0.2, 0.25) is 5.91 Å². The van der Waals surface area contributed by atoms with Crippen molar-refractivity contribution in [2.75, 3.05) is 5.32 Å². The molecule has 0 radical (unpaired) electrons. The molecule has 6 nitrogen and oxygen atoms in total. The molecule has 0 unspecified atom stereocenters. The van der Waals surface area contributed by atoms with Gasteiger partial charge in [0.25, 0.3) is 0 Å². The van der Waals surface area contributed by atoms with Gasteiger partial charge in [0.1, 0.15) is 11.5 Å². The smallest absolute Gasteiger partial charge is 0.352 e. The van der Waals surface area contributed by atoms with Crippen molar-refractivity contribution in [1.29, 1.82) is 0 Å². The molecule has 1 aromatic carbocycles. The number of nitrogens with zero attached hydrogens (tertiary/aromatic N) is 2. The van der Waals surface area contributed by atoms with Gasteiger partial charge < -0.3 is 15.0 Å². The first-order chi connectivity index (χ1) is 11.5. The molecule has 0 atom stereocenters. The fraction of sp³-hybridized carbons (Fsp3) is 0.167. The van der Waals surface area contributed by atoms with Crippen LogP contribution in [0.25, 0.3) is 10.9 Å². The molecule has 0 spiro atoms. The molecule has 0 aliphatic heterocycles. The molecule has 3 aromatic rings. The summed E-state index contributed by atoms with van der Waals surface area (Å²) in [5, 5.41) is 13.0. The summed E-state index contributed by atoms with van der Waals surface area (Å²) in [4.78, 5) is 28.2. The molecule has 2 aromatic heterocycles. The normalized spacial score (nSPS) is 10.8. The zero-order chi connectivity index (χ0) is 17.3. The number of aromatic carboxylic acids is 1. The predicted octanol–water partition coefficient (Wildman–Crippen LogP) is 2.76. The van der Waals surface area contributed by atoms with Crippen molar-refractivity contribution in [3.63, 3.8) is 0 Å². The minimum atomic E-state index is -1.05. The predicted molar refractivity (Wildman–Crippen MR) is 91.2 cm³/mol. The molecule has 0 saturated heterocycles. The molecule has 6 heteroatoms. The summed E-state index contributed by atoms with van der Waals surface area (Å²) in [5.74, 6) is -0.894. The van der Waals surface area contributed by atoms with Gasteiger partial charge in [0.05, 0.1) is 6.42 Å². The first-order valence-corrected chi connectivity index (χ1v) is 7.50. The second-order valence-electron chi connectivity index (χ2n) is 5.60. The minimum Gasteiger partial charge on any atom is -0.477 e. The summed E-state index contributed by atoms with van der Waals surface area (Å²) in [6.07, 6.45) is -0.0292. The Hall–Kier alpha value is -3.15. The third kappa shape index (κ3) is 2.86. The van der Waals surface area contributed by atoms with Crippen LogP contribution >= 0.6 is 0 Å². The van der Waals surface area contributed by atoms with Crippen LogP contribution < -0.4 is 5.32 Å². The van der Waals surface area contributed by atoms with Crippen LogP contribution in [0.5, 0.6) is 0 Å². The molecular weight excluding hydrogens is 306 g/mol. The average Bonchev–Trinajstić information content (AvgIpc) is 2.80. The quantitative estimate of drug-likeness (QED) is 0.773. The lowest BCUT2D eigenvalue weighted by Gasteiger charge is -2.06. The van der Waals surface area contributed by atoms with E-state index >= 15 is 0 Å². The second-order valence-corrected chi connectivity index (χ2v) is 5.60. The largest absolute Gasteiger partial charge is 0.477 e. The van der Waals surface area contributed by atoms with Gasteiger partial charge in [-0.1, -0.05) is 24.3 Å². The molecule has 2 N–H and O–H groups in total. The summed E-state index contributed by atoms with van der Waals surface area (Å²) in [5.41, 5.74) is 2.21. The van der Waals surface area contributed by atoms with Crippen LogP contribution in [-0.2, 0) is 18.3 Å². The van der Waals surface area contributed by atoms with Crippen LogP contribution in [0.2, 0.25) is 0 Å². The molecule has 122 valence electrons. The van der Waals surface area contributed by atoms with Crippen molar-refractivity contribution in [2.24, 2.45) is 7.05 Å². The number of aromatic nitrogens is 2. The Bertz CT molecular complexity index is 944.